The minimum absolute atomic E-state index is 0.0678. The predicted molar refractivity (Wildman–Crippen MR) is 107 cm³/mol. The number of benzene rings is 2. The Balaban J connectivity index is 0.000000316. The van der Waals surface area contributed by atoms with Crippen molar-refractivity contribution in [2.45, 2.75) is 20.0 Å². The fourth-order valence-electron chi connectivity index (χ4n) is 2.17. The Hall–Kier alpha value is -3.36. The molecule has 1 amide bonds. The smallest absolute Gasteiger partial charge is 0.417 e. The fraction of sp³-hybridized carbons (Fsp3) is 0.250. The number of isocyanates is 1. The third kappa shape index (κ3) is 8.12. The van der Waals surface area contributed by atoms with Gasteiger partial charge in [-0.05, 0) is 37.3 Å². The Morgan fingerprint density at radius 1 is 1.19 bits per heavy atom. The van der Waals surface area contributed by atoms with Crippen LogP contribution in [0.15, 0.2) is 41.4 Å². The van der Waals surface area contributed by atoms with Crippen molar-refractivity contribution in [1.82, 2.24) is 0 Å². The van der Waals surface area contributed by atoms with E-state index in [0.29, 0.717) is 17.9 Å². The highest BCUT2D eigenvalue weighted by atomic mass is 35.5. The van der Waals surface area contributed by atoms with Crippen LogP contribution >= 0.6 is 11.6 Å². The number of carbonyl (C=O) groups is 2. The highest BCUT2D eigenvalue weighted by molar-refractivity contribution is 6.31. The maximum Gasteiger partial charge on any atom is 0.417 e. The molecule has 0 saturated carbocycles. The molecule has 2 aromatic rings. The van der Waals surface area contributed by atoms with E-state index in [-0.39, 0.29) is 17.4 Å². The minimum atomic E-state index is -4.59. The lowest BCUT2D eigenvalue weighted by Crippen LogP contribution is -2.11. The van der Waals surface area contributed by atoms with Gasteiger partial charge in [0.25, 0.3) is 0 Å². The van der Waals surface area contributed by atoms with Gasteiger partial charge in [0.15, 0.2) is 0 Å². The van der Waals surface area contributed by atoms with Crippen LogP contribution in [-0.2, 0) is 20.5 Å². The second kappa shape index (κ2) is 11.7. The molecule has 0 fully saturated rings. The summed E-state index contributed by atoms with van der Waals surface area (Å²) in [7, 11) is 1.27. The van der Waals surface area contributed by atoms with Crippen molar-refractivity contribution in [3.05, 3.63) is 52.5 Å². The van der Waals surface area contributed by atoms with Crippen molar-refractivity contribution in [3.8, 4) is 5.75 Å². The molecule has 0 aromatic heterocycles. The van der Waals surface area contributed by atoms with Gasteiger partial charge in [-0.1, -0.05) is 11.6 Å². The second-order valence-corrected chi connectivity index (χ2v) is 6.09. The molecule has 2 aromatic carbocycles. The quantitative estimate of drug-likeness (QED) is 0.379. The summed E-state index contributed by atoms with van der Waals surface area (Å²) in [5.41, 5.74) is -0.190. The first kappa shape index (κ1) is 25.7. The number of halogens is 4. The van der Waals surface area contributed by atoms with Crippen LogP contribution in [0.2, 0.25) is 5.02 Å². The number of amides is 1. The van der Waals surface area contributed by atoms with Gasteiger partial charge >= 0.3 is 12.1 Å². The van der Waals surface area contributed by atoms with E-state index in [0.717, 1.165) is 12.1 Å². The largest absolute Gasteiger partial charge is 0.495 e. The molecule has 0 spiro atoms. The Bertz CT molecular complexity index is 972. The van der Waals surface area contributed by atoms with Crippen molar-refractivity contribution in [3.63, 3.8) is 0 Å². The van der Waals surface area contributed by atoms with Gasteiger partial charge in [0.05, 0.1) is 41.2 Å². The van der Waals surface area contributed by atoms with Crippen LogP contribution < -0.4 is 10.1 Å². The third-order valence-electron chi connectivity index (χ3n) is 3.46. The van der Waals surface area contributed by atoms with E-state index in [1.165, 1.54) is 20.1 Å². The van der Waals surface area contributed by atoms with Crippen molar-refractivity contribution in [2.75, 3.05) is 19.0 Å². The topological polar surface area (TPSA) is 94.1 Å². The SMILES string of the molecule is CCOC(=O)c1ccc(N=C=O)cc1.COc1cc(Cl)c(C(F)(F)F)cc1NC(C)=O. The number of esters is 1. The summed E-state index contributed by atoms with van der Waals surface area (Å²) in [5.74, 6) is -0.814. The van der Waals surface area contributed by atoms with E-state index >= 15 is 0 Å². The van der Waals surface area contributed by atoms with Crippen molar-refractivity contribution in [1.29, 1.82) is 0 Å². The molecule has 0 saturated heterocycles. The number of nitrogens with zero attached hydrogens (tertiary/aromatic N) is 1. The molecule has 0 unspecified atom stereocenters. The third-order valence-corrected chi connectivity index (χ3v) is 3.77. The van der Waals surface area contributed by atoms with Crippen molar-refractivity contribution >= 4 is 40.9 Å². The van der Waals surface area contributed by atoms with Gasteiger partial charge in [-0.2, -0.15) is 18.2 Å². The zero-order chi connectivity index (χ0) is 23.6. The number of anilines is 1. The van der Waals surface area contributed by atoms with Crippen LogP contribution in [0.3, 0.4) is 0 Å². The summed E-state index contributed by atoms with van der Waals surface area (Å²) in [6.45, 7) is 3.26. The van der Waals surface area contributed by atoms with Crippen LogP contribution in [0.1, 0.15) is 29.8 Å². The molecular weight excluding hydrogens is 441 g/mol. The Morgan fingerprint density at radius 3 is 2.26 bits per heavy atom. The molecule has 1 N–H and O–H groups in total. The fourth-order valence-corrected chi connectivity index (χ4v) is 2.43. The molecule has 0 heterocycles. The van der Waals surface area contributed by atoms with Gasteiger partial charge < -0.3 is 14.8 Å². The highest BCUT2D eigenvalue weighted by Crippen LogP contribution is 2.40. The average molecular weight is 459 g/mol. The van der Waals surface area contributed by atoms with Gasteiger partial charge in [0.2, 0.25) is 12.0 Å². The molecule has 0 atom stereocenters. The lowest BCUT2D eigenvalue weighted by Gasteiger charge is -2.14. The van der Waals surface area contributed by atoms with Gasteiger partial charge in [0.1, 0.15) is 5.75 Å². The number of alkyl halides is 3. The van der Waals surface area contributed by atoms with Crippen molar-refractivity contribution in [2.24, 2.45) is 4.99 Å². The first-order chi connectivity index (χ1) is 14.5. The molecule has 166 valence electrons. The summed E-state index contributed by atoms with van der Waals surface area (Å²) in [5, 5.41) is 1.76. The van der Waals surface area contributed by atoms with Crippen LogP contribution in [-0.4, -0.2) is 31.7 Å². The molecule has 0 bridgehead atoms. The Labute approximate surface area is 180 Å². The first-order valence-corrected chi connectivity index (χ1v) is 8.98. The van der Waals surface area contributed by atoms with Gasteiger partial charge in [0, 0.05) is 13.0 Å². The van der Waals surface area contributed by atoms with E-state index in [9.17, 15) is 27.6 Å². The lowest BCUT2D eigenvalue weighted by atomic mass is 10.1. The highest BCUT2D eigenvalue weighted by Gasteiger charge is 2.34. The molecule has 0 aliphatic heterocycles. The second-order valence-electron chi connectivity index (χ2n) is 5.68. The maximum absolute atomic E-state index is 12.6. The number of methoxy groups -OCH3 is 1. The molecule has 7 nitrogen and oxygen atoms in total. The van der Waals surface area contributed by atoms with Gasteiger partial charge in [-0.3, -0.25) is 4.79 Å². The minimum Gasteiger partial charge on any atom is -0.495 e. The number of ether oxygens (including phenoxy) is 2. The molecule has 0 aliphatic carbocycles. The summed E-state index contributed by atoms with van der Waals surface area (Å²) in [6.07, 6.45) is -3.17. The monoisotopic (exact) mass is 458 g/mol. The summed E-state index contributed by atoms with van der Waals surface area (Å²) < 4.78 is 47.3. The molecule has 0 radical (unpaired) electrons. The number of carbonyl (C=O) groups excluding carboxylic acids is 3. The zero-order valence-corrected chi connectivity index (χ0v) is 17.4. The number of aliphatic imine (C=N–C) groups is 1. The lowest BCUT2D eigenvalue weighted by molar-refractivity contribution is -0.137. The predicted octanol–water partition coefficient (Wildman–Crippen LogP) is 5.16. The maximum atomic E-state index is 12.6. The van der Waals surface area contributed by atoms with Crippen LogP contribution in [0, 0.1) is 0 Å². The van der Waals surface area contributed by atoms with E-state index in [1.807, 2.05) is 0 Å². The van der Waals surface area contributed by atoms with Gasteiger partial charge in [-0.15, -0.1) is 0 Å². The summed E-state index contributed by atoms with van der Waals surface area (Å²) >= 11 is 5.49. The van der Waals surface area contributed by atoms with Crippen molar-refractivity contribution < 1.29 is 37.0 Å². The van der Waals surface area contributed by atoms with Crippen LogP contribution in [0.25, 0.3) is 0 Å². The van der Waals surface area contributed by atoms with Gasteiger partial charge in [-0.25, -0.2) is 9.59 Å². The van der Waals surface area contributed by atoms with Crippen LogP contribution in [0.5, 0.6) is 5.75 Å². The molecular formula is C20H18ClF3N2O5. The molecule has 11 heteroatoms. The Morgan fingerprint density at radius 2 is 1.81 bits per heavy atom. The van der Waals surface area contributed by atoms with E-state index < -0.39 is 22.7 Å². The van der Waals surface area contributed by atoms with E-state index in [2.05, 4.69) is 10.3 Å². The van der Waals surface area contributed by atoms with E-state index in [1.54, 1.807) is 31.2 Å². The zero-order valence-electron chi connectivity index (χ0n) is 16.7. The first-order valence-electron chi connectivity index (χ1n) is 8.60. The number of hydrogen-bond acceptors (Lipinski definition) is 6. The normalized spacial score (nSPS) is 10.2. The average Bonchev–Trinajstić information content (AvgIpc) is 2.69. The van der Waals surface area contributed by atoms with Crippen LogP contribution in [0.4, 0.5) is 24.5 Å². The Kier molecular flexibility index (Phi) is 9.72. The summed E-state index contributed by atoms with van der Waals surface area (Å²) in [6, 6.07) is 7.95. The molecule has 31 heavy (non-hydrogen) atoms. The van der Waals surface area contributed by atoms with E-state index in [4.69, 9.17) is 21.1 Å². The summed E-state index contributed by atoms with van der Waals surface area (Å²) in [4.78, 5) is 35.3. The number of rotatable bonds is 5. The number of hydrogen-bond donors (Lipinski definition) is 1. The standard InChI is InChI=1S/C10H9ClF3NO2.C10H9NO3/c1-5(16)15-8-3-6(10(12,13)14)7(11)4-9(8)17-2;1-2-14-10(13)8-3-5-9(6-4-8)11-7-12/h3-4H,1-2H3,(H,15,16);3-6H,2H2,1H3. The molecule has 2 rings (SSSR count). The number of nitrogens with one attached hydrogen (secondary N) is 1. The molecule has 0 aliphatic rings.